The molecule has 1 aliphatic rings. The van der Waals surface area contributed by atoms with Gasteiger partial charge in [0.25, 0.3) is 5.91 Å². The van der Waals surface area contributed by atoms with Gasteiger partial charge in [-0.1, -0.05) is 19.4 Å². The largest absolute Gasteiger partial charge is 0.353 e. The molecule has 1 amide bonds. The highest BCUT2D eigenvalue weighted by Crippen LogP contribution is 2.16. The van der Waals surface area contributed by atoms with Gasteiger partial charge in [-0.05, 0) is 30.7 Å². The summed E-state index contributed by atoms with van der Waals surface area (Å²) in [5.74, 6) is 1.66. The van der Waals surface area contributed by atoms with Crippen molar-refractivity contribution in [1.82, 2.24) is 20.5 Å². The topological polar surface area (TPSA) is 74.2 Å². The predicted molar refractivity (Wildman–Crippen MR) is 97.9 cm³/mol. The Hall–Kier alpha value is -2.70. The van der Waals surface area contributed by atoms with Crippen molar-refractivity contribution < 1.29 is 4.79 Å². The Morgan fingerprint density at radius 1 is 1.04 bits per heavy atom. The minimum atomic E-state index is -0.160. The lowest BCUT2D eigenvalue weighted by Crippen LogP contribution is -2.47. The van der Waals surface area contributed by atoms with E-state index in [-0.39, 0.29) is 5.91 Å². The van der Waals surface area contributed by atoms with E-state index in [4.69, 9.17) is 0 Å². The quantitative estimate of drug-likeness (QED) is 0.807. The van der Waals surface area contributed by atoms with E-state index in [2.05, 4.69) is 37.2 Å². The first-order chi connectivity index (χ1) is 12.3. The standard InChI is InChI=1S/C18H24N6O/c1-2-3-9-20-18(25)15-7-8-17(22-21-15)24-13-11-23(12-14-24)16-6-4-5-10-19-16/h4-8,10H,2-3,9,11-14H2,1H3,(H,20,25). The summed E-state index contributed by atoms with van der Waals surface area (Å²) in [6.45, 7) is 6.25. The molecule has 7 heteroatoms. The number of unbranched alkanes of at least 4 members (excludes halogenated alkanes) is 1. The van der Waals surface area contributed by atoms with Crippen LogP contribution in [0.15, 0.2) is 36.5 Å². The van der Waals surface area contributed by atoms with E-state index in [1.165, 1.54) is 0 Å². The van der Waals surface area contributed by atoms with Crippen LogP contribution in [-0.2, 0) is 0 Å². The number of aromatic nitrogens is 3. The third-order valence-corrected chi connectivity index (χ3v) is 4.28. The highest BCUT2D eigenvalue weighted by Gasteiger charge is 2.19. The number of rotatable bonds is 6. The van der Waals surface area contributed by atoms with Gasteiger partial charge in [0.2, 0.25) is 0 Å². The Labute approximate surface area is 148 Å². The van der Waals surface area contributed by atoms with Crippen molar-refractivity contribution in [2.75, 3.05) is 42.5 Å². The number of nitrogens with one attached hydrogen (secondary N) is 1. The van der Waals surface area contributed by atoms with Crippen LogP contribution in [0.25, 0.3) is 0 Å². The summed E-state index contributed by atoms with van der Waals surface area (Å²) < 4.78 is 0. The van der Waals surface area contributed by atoms with Crippen LogP contribution in [0.1, 0.15) is 30.3 Å². The lowest BCUT2D eigenvalue weighted by Gasteiger charge is -2.35. The van der Waals surface area contributed by atoms with Gasteiger partial charge in [0.15, 0.2) is 11.5 Å². The second-order valence-electron chi connectivity index (χ2n) is 6.05. The molecule has 0 saturated carbocycles. The van der Waals surface area contributed by atoms with Crippen LogP contribution in [0.5, 0.6) is 0 Å². The molecule has 2 aromatic rings. The number of carbonyl (C=O) groups excluding carboxylic acids is 1. The van der Waals surface area contributed by atoms with Crippen molar-refractivity contribution in [1.29, 1.82) is 0 Å². The van der Waals surface area contributed by atoms with E-state index in [1.54, 1.807) is 6.07 Å². The van der Waals surface area contributed by atoms with Crippen LogP contribution in [0.2, 0.25) is 0 Å². The minimum absolute atomic E-state index is 0.160. The summed E-state index contributed by atoms with van der Waals surface area (Å²) in [7, 11) is 0. The smallest absolute Gasteiger partial charge is 0.271 e. The van der Waals surface area contributed by atoms with Gasteiger partial charge in [0.1, 0.15) is 5.82 Å². The minimum Gasteiger partial charge on any atom is -0.353 e. The molecule has 3 heterocycles. The molecule has 0 spiro atoms. The Morgan fingerprint density at radius 3 is 2.40 bits per heavy atom. The second kappa shape index (κ2) is 8.41. The SMILES string of the molecule is CCCCNC(=O)c1ccc(N2CCN(c3ccccn3)CC2)nn1. The van der Waals surface area contributed by atoms with Crippen molar-refractivity contribution in [2.24, 2.45) is 0 Å². The molecule has 2 aromatic heterocycles. The fourth-order valence-electron chi connectivity index (χ4n) is 2.79. The molecular formula is C18H24N6O. The second-order valence-corrected chi connectivity index (χ2v) is 6.05. The molecule has 1 fully saturated rings. The van der Waals surface area contributed by atoms with E-state index < -0.39 is 0 Å². The lowest BCUT2D eigenvalue weighted by molar-refractivity contribution is 0.0947. The first kappa shape index (κ1) is 17.1. The van der Waals surface area contributed by atoms with E-state index >= 15 is 0 Å². The highest BCUT2D eigenvalue weighted by molar-refractivity contribution is 5.92. The average molecular weight is 340 g/mol. The van der Waals surface area contributed by atoms with Gasteiger partial charge in [0.05, 0.1) is 0 Å². The number of anilines is 2. The third kappa shape index (κ3) is 4.43. The third-order valence-electron chi connectivity index (χ3n) is 4.28. The zero-order valence-electron chi connectivity index (χ0n) is 14.6. The number of pyridine rings is 1. The molecule has 132 valence electrons. The Balaban J connectivity index is 1.54. The number of nitrogens with zero attached hydrogens (tertiary/aromatic N) is 5. The Kier molecular flexibility index (Phi) is 5.77. The van der Waals surface area contributed by atoms with Crippen molar-refractivity contribution in [3.63, 3.8) is 0 Å². The van der Waals surface area contributed by atoms with Crippen LogP contribution in [0.3, 0.4) is 0 Å². The van der Waals surface area contributed by atoms with Gasteiger partial charge in [-0.15, -0.1) is 10.2 Å². The molecule has 0 unspecified atom stereocenters. The van der Waals surface area contributed by atoms with Crippen molar-refractivity contribution in [3.8, 4) is 0 Å². The maximum atomic E-state index is 12.0. The van der Waals surface area contributed by atoms with Gasteiger partial charge in [0, 0.05) is 38.9 Å². The van der Waals surface area contributed by atoms with E-state index in [0.717, 1.165) is 50.7 Å². The fourth-order valence-corrected chi connectivity index (χ4v) is 2.79. The van der Waals surface area contributed by atoms with Crippen LogP contribution < -0.4 is 15.1 Å². The number of hydrogen-bond donors (Lipinski definition) is 1. The molecule has 7 nitrogen and oxygen atoms in total. The predicted octanol–water partition coefficient (Wildman–Crippen LogP) is 1.73. The number of piperazine rings is 1. The van der Waals surface area contributed by atoms with Crippen molar-refractivity contribution in [2.45, 2.75) is 19.8 Å². The Bertz CT molecular complexity index is 668. The zero-order chi connectivity index (χ0) is 17.5. The summed E-state index contributed by atoms with van der Waals surface area (Å²) in [4.78, 5) is 20.8. The van der Waals surface area contributed by atoms with Crippen molar-refractivity contribution >= 4 is 17.5 Å². The molecule has 3 rings (SSSR count). The van der Waals surface area contributed by atoms with Crippen LogP contribution in [-0.4, -0.2) is 53.8 Å². The van der Waals surface area contributed by atoms with Crippen molar-refractivity contribution in [3.05, 3.63) is 42.2 Å². The first-order valence-electron chi connectivity index (χ1n) is 8.81. The number of hydrogen-bond acceptors (Lipinski definition) is 6. The average Bonchev–Trinajstić information content (AvgIpc) is 2.69. The molecule has 25 heavy (non-hydrogen) atoms. The first-order valence-corrected chi connectivity index (χ1v) is 8.81. The van der Waals surface area contributed by atoms with Gasteiger partial charge >= 0.3 is 0 Å². The molecule has 0 atom stereocenters. The monoisotopic (exact) mass is 340 g/mol. The van der Waals surface area contributed by atoms with Crippen LogP contribution in [0.4, 0.5) is 11.6 Å². The van der Waals surface area contributed by atoms with Gasteiger partial charge in [-0.3, -0.25) is 4.79 Å². The fraction of sp³-hybridized carbons (Fsp3) is 0.444. The summed E-state index contributed by atoms with van der Waals surface area (Å²) >= 11 is 0. The summed E-state index contributed by atoms with van der Waals surface area (Å²) in [6, 6.07) is 9.58. The molecule has 0 bridgehead atoms. The van der Waals surface area contributed by atoms with Crippen LogP contribution >= 0.6 is 0 Å². The maximum absolute atomic E-state index is 12.0. The lowest BCUT2D eigenvalue weighted by atomic mass is 10.3. The molecule has 0 radical (unpaired) electrons. The molecule has 1 aliphatic heterocycles. The summed E-state index contributed by atoms with van der Waals surface area (Å²) in [5.41, 5.74) is 0.368. The maximum Gasteiger partial charge on any atom is 0.271 e. The normalized spacial score (nSPS) is 14.4. The van der Waals surface area contributed by atoms with Gasteiger partial charge < -0.3 is 15.1 Å². The number of amides is 1. The molecule has 0 aromatic carbocycles. The summed E-state index contributed by atoms with van der Waals surface area (Å²) in [6.07, 6.45) is 3.84. The molecule has 1 N–H and O–H groups in total. The Morgan fingerprint density at radius 2 is 1.80 bits per heavy atom. The van der Waals surface area contributed by atoms with E-state index in [9.17, 15) is 4.79 Å². The highest BCUT2D eigenvalue weighted by atomic mass is 16.1. The van der Waals surface area contributed by atoms with Gasteiger partial charge in [-0.25, -0.2) is 4.98 Å². The number of carbonyl (C=O) groups is 1. The molecular weight excluding hydrogens is 316 g/mol. The summed E-state index contributed by atoms with van der Waals surface area (Å²) in [5, 5.41) is 11.2. The molecule has 0 aliphatic carbocycles. The zero-order valence-corrected chi connectivity index (χ0v) is 14.6. The van der Waals surface area contributed by atoms with E-state index in [0.29, 0.717) is 12.2 Å². The van der Waals surface area contributed by atoms with Crippen LogP contribution in [0, 0.1) is 0 Å². The van der Waals surface area contributed by atoms with E-state index in [1.807, 2.05) is 30.5 Å². The van der Waals surface area contributed by atoms with Gasteiger partial charge in [-0.2, -0.15) is 0 Å². The molecule has 1 saturated heterocycles.